The second-order valence-electron chi connectivity index (χ2n) is 7.43. The number of amides is 2. The molecule has 0 fully saturated rings. The minimum atomic E-state index is -4.59. The lowest BCUT2D eigenvalue weighted by Gasteiger charge is -2.31. The Morgan fingerprint density at radius 3 is 2.48 bits per heavy atom. The van der Waals surface area contributed by atoms with E-state index in [1.54, 1.807) is 6.07 Å². The zero-order valence-corrected chi connectivity index (χ0v) is 17.2. The normalized spacial score (nSPS) is 14.5. The van der Waals surface area contributed by atoms with E-state index >= 15 is 0 Å². The minimum absolute atomic E-state index is 0.0369. The quantitative estimate of drug-likeness (QED) is 0.744. The number of halogens is 3. The first-order valence-electron chi connectivity index (χ1n) is 9.54. The van der Waals surface area contributed by atoms with Crippen LogP contribution in [0.5, 0.6) is 0 Å². The number of carbonyl (C=O) groups excluding carboxylic acids is 3. The third kappa shape index (κ3) is 5.04. The van der Waals surface area contributed by atoms with E-state index in [1.165, 1.54) is 6.92 Å². The fraction of sp³-hybridized carbons (Fsp3) is 0.318. The predicted octanol–water partition coefficient (Wildman–Crippen LogP) is 3.78. The summed E-state index contributed by atoms with van der Waals surface area (Å²) >= 11 is 0. The number of hydrogen-bond acceptors (Lipinski definition) is 4. The molecule has 1 aliphatic rings. The Morgan fingerprint density at radius 2 is 1.84 bits per heavy atom. The zero-order valence-electron chi connectivity index (χ0n) is 17.2. The van der Waals surface area contributed by atoms with Crippen LogP contribution in [0.2, 0.25) is 0 Å². The van der Waals surface area contributed by atoms with Crippen molar-refractivity contribution in [3.8, 4) is 0 Å². The first kappa shape index (κ1) is 22.3. The van der Waals surface area contributed by atoms with Crippen LogP contribution < -0.4 is 10.2 Å². The molecule has 1 aliphatic heterocycles. The molecule has 1 heterocycles. The van der Waals surface area contributed by atoms with Gasteiger partial charge in [0.2, 0.25) is 5.91 Å². The number of fused-ring (bicyclic) bond motifs is 1. The smallest absolute Gasteiger partial charge is 0.416 e. The Bertz CT molecular complexity index is 1050. The van der Waals surface area contributed by atoms with Gasteiger partial charge >= 0.3 is 12.1 Å². The number of nitrogens with one attached hydrogen (secondary N) is 1. The van der Waals surface area contributed by atoms with Gasteiger partial charge in [0.1, 0.15) is 6.54 Å². The van der Waals surface area contributed by atoms with E-state index in [1.807, 2.05) is 26.0 Å². The van der Waals surface area contributed by atoms with E-state index in [9.17, 15) is 27.6 Å². The molecule has 0 saturated carbocycles. The van der Waals surface area contributed by atoms with Gasteiger partial charge in [0.25, 0.3) is 5.91 Å². The number of rotatable bonds is 4. The SMILES string of the molecule is Cc1ccc(CC(=O)OC(C)C(=O)N2CC(=O)Nc3cc(C(F)(F)F)ccc32)cc1C. The van der Waals surface area contributed by atoms with Crippen molar-refractivity contribution in [2.75, 3.05) is 16.8 Å². The van der Waals surface area contributed by atoms with Crippen LogP contribution in [0.3, 0.4) is 0 Å². The highest BCUT2D eigenvalue weighted by Gasteiger charge is 2.35. The van der Waals surface area contributed by atoms with Crippen LogP contribution in [0.15, 0.2) is 36.4 Å². The molecule has 0 radical (unpaired) electrons. The van der Waals surface area contributed by atoms with Crippen molar-refractivity contribution in [1.82, 2.24) is 0 Å². The van der Waals surface area contributed by atoms with Gasteiger partial charge in [0.05, 0.1) is 23.4 Å². The van der Waals surface area contributed by atoms with Crippen LogP contribution >= 0.6 is 0 Å². The largest absolute Gasteiger partial charge is 0.452 e. The molecule has 164 valence electrons. The van der Waals surface area contributed by atoms with Crippen molar-refractivity contribution in [2.45, 2.75) is 39.5 Å². The maximum Gasteiger partial charge on any atom is 0.416 e. The lowest BCUT2D eigenvalue weighted by Crippen LogP contribution is -2.47. The molecule has 6 nitrogen and oxygen atoms in total. The summed E-state index contributed by atoms with van der Waals surface area (Å²) < 4.78 is 44.1. The van der Waals surface area contributed by atoms with Gasteiger partial charge in [-0.05, 0) is 55.7 Å². The van der Waals surface area contributed by atoms with Crippen molar-refractivity contribution in [1.29, 1.82) is 0 Å². The first-order valence-corrected chi connectivity index (χ1v) is 9.54. The fourth-order valence-electron chi connectivity index (χ4n) is 3.25. The molecule has 9 heteroatoms. The summed E-state index contributed by atoms with van der Waals surface area (Å²) in [5.41, 5.74) is 1.85. The number of benzene rings is 2. The van der Waals surface area contributed by atoms with Gasteiger partial charge in [-0.25, -0.2) is 0 Å². The molecule has 2 aromatic carbocycles. The van der Waals surface area contributed by atoms with Crippen LogP contribution in [0.1, 0.15) is 29.2 Å². The van der Waals surface area contributed by atoms with Crippen molar-refractivity contribution < 1.29 is 32.3 Å². The van der Waals surface area contributed by atoms with E-state index in [0.29, 0.717) is 0 Å². The summed E-state index contributed by atoms with van der Waals surface area (Å²) in [7, 11) is 0. The molecule has 0 bridgehead atoms. The topological polar surface area (TPSA) is 75.7 Å². The van der Waals surface area contributed by atoms with E-state index in [0.717, 1.165) is 39.8 Å². The number of hydrogen-bond donors (Lipinski definition) is 1. The van der Waals surface area contributed by atoms with Crippen molar-refractivity contribution in [3.63, 3.8) is 0 Å². The summed E-state index contributed by atoms with van der Waals surface area (Å²) in [5, 5.41) is 2.34. The number of esters is 1. The number of ether oxygens (including phenoxy) is 1. The van der Waals surface area contributed by atoms with Gasteiger partial charge in [-0.2, -0.15) is 13.2 Å². The zero-order chi connectivity index (χ0) is 22.9. The molecule has 31 heavy (non-hydrogen) atoms. The molecule has 2 amide bonds. The van der Waals surface area contributed by atoms with Gasteiger partial charge in [0, 0.05) is 0 Å². The van der Waals surface area contributed by atoms with E-state index in [-0.39, 0.29) is 17.8 Å². The third-order valence-corrected chi connectivity index (χ3v) is 5.03. The Morgan fingerprint density at radius 1 is 1.13 bits per heavy atom. The minimum Gasteiger partial charge on any atom is -0.452 e. The number of carbonyl (C=O) groups is 3. The highest BCUT2D eigenvalue weighted by molar-refractivity contribution is 6.11. The molecular formula is C22H21F3N2O4. The second-order valence-corrected chi connectivity index (χ2v) is 7.43. The summed E-state index contributed by atoms with van der Waals surface area (Å²) in [4.78, 5) is 38.1. The Kier molecular flexibility index (Phi) is 6.06. The summed E-state index contributed by atoms with van der Waals surface area (Å²) in [6.45, 7) is 4.83. The molecule has 0 aliphatic carbocycles. The molecule has 3 rings (SSSR count). The highest BCUT2D eigenvalue weighted by atomic mass is 19.4. The molecule has 1 atom stereocenters. The van der Waals surface area contributed by atoms with E-state index in [4.69, 9.17) is 4.74 Å². The number of anilines is 2. The van der Waals surface area contributed by atoms with Gasteiger partial charge in [-0.3, -0.25) is 19.3 Å². The van der Waals surface area contributed by atoms with Gasteiger partial charge < -0.3 is 10.1 Å². The Labute approximate surface area is 177 Å². The van der Waals surface area contributed by atoms with E-state index < -0.39 is 42.2 Å². The number of alkyl halides is 3. The lowest BCUT2D eigenvalue weighted by atomic mass is 10.0. The molecule has 2 aromatic rings. The van der Waals surface area contributed by atoms with Crippen LogP contribution in [0.25, 0.3) is 0 Å². The van der Waals surface area contributed by atoms with Crippen molar-refractivity contribution in [2.24, 2.45) is 0 Å². The maximum atomic E-state index is 13.0. The van der Waals surface area contributed by atoms with Crippen molar-refractivity contribution in [3.05, 3.63) is 58.7 Å². The average Bonchev–Trinajstić information content (AvgIpc) is 2.68. The lowest BCUT2D eigenvalue weighted by molar-refractivity contribution is -0.153. The molecule has 1 N–H and O–H groups in total. The Balaban J connectivity index is 1.74. The summed E-state index contributed by atoms with van der Waals surface area (Å²) in [6.07, 6.45) is -5.85. The summed E-state index contributed by atoms with van der Waals surface area (Å²) in [5.74, 6) is -1.98. The molecule has 0 aromatic heterocycles. The molecule has 0 saturated heterocycles. The Hall–Kier alpha value is -3.36. The summed E-state index contributed by atoms with van der Waals surface area (Å²) in [6, 6.07) is 8.23. The third-order valence-electron chi connectivity index (χ3n) is 5.03. The second kappa shape index (κ2) is 8.41. The van der Waals surface area contributed by atoms with Gasteiger partial charge in [-0.1, -0.05) is 18.2 Å². The monoisotopic (exact) mass is 434 g/mol. The fourth-order valence-corrected chi connectivity index (χ4v) is 3.25. The van der Waals surface area contributed by atoms with Crippen LogP contribution in [-0.2, 0) is 31.7 Å². The maximum absolute atomic E-state index is 13.0. The standard InChI is InChI=1S/C22H21F3N2O4/c1-12-4-5-15(8-13(12)2)9-20(29)31-14(3)21(30)27-11-19(28)26-17-10-16(22(23,24)25)6-7-18(17)27/h4-8,10,14H,9,11H2,1-3H3,(H,26,28). The van der Waals surface area contributed by atoms with Crippen LogP contribution in [-0.4, -0.2) is 30.4 Å². The number of nitrogens with zero attached hydrogens (tertiary/aromatic N) is 1. The number of aryl methyl sites for hydroxylation is 2. The highest BCUT2D eigenvalue weighted by Crippen LogP contribution is 2.37. The van der Waals surface area contributed by atoms with Gasteiger partial charge in [-0.15, -0.1) is 0 Å². The molecular weight excluding hydrogens is 413 g/mol. The van der Waals surface area contributed by atoms with Crippen molar-refractivity contribution >= 4 is 29.2 Å². The predicted molar refractivity (Wildman–Crippen MR) is 108 cm³/mol. The van der Waals surface area contributed by atoms with Gasteiger partial charge in [0.15, 0.2) is 6.10 Å². The van der Waals surface area contributed by atoms with Crippen LogP contribution in [0.4, 0.5) is 24.5 Å². The van der Waals surface area contributed by atoms with Crippen LogP contribution in [0, 0.1) is 13.8 Å². The first-order chi connectivity index (χ1) is 14.5. The average molecular weight is 434 g/mol. The molecule has 1 unspecified atom stereocenters. The van der Waals surface area contributed by atoms with E-state index in [2.05, 4.69) is 5.32 Å². The molecule has 0 spiro atoms.